The van der Waals surface area contributed by atoms with Crippen LogP contribution in [-0.4, -0.2) is 83.1 Å². The molecule has 2 aromatic carbocycles. The summed E-state index contributed by atoms with van der Waals surface area (Å²) >= 11 is 0. The molecule has 0 saturated carbocycles. The summed E-state index contributed by atoms with van der Waals surface area (Å²) in [6, 6.07) is 16.8. The van der Waals surface area contributed by atoms with Gasteiger partial charge in [-0.05, 0) is 23.1 Å². The SMILES string of the molecule is COc1ccccc1N1CCN(CC(O)Cn2nc(-c3ccc(C(C)(C)C)cc3)c3c2CCN(C(C)=O)C3)CC1. The van der Waals surface area contributed by atoms with Gasteiger partial charge in [0.2, 0.25) is 5.91 Å². The first-order chi connectivity index (χ1) is 19.1. The van der Waals surface area contributed by atoms with Crippen molar-refractivity contribution in [2.24, 2.45) is 0 Å². The molecule has 0 bridgehead atoms. The molecule has 2 aliphatic rings. The number of aliphatic hydroxyl groups excluding tert-OH is 1. The summed E-state index contributed by atoms with van der Waals surface area (Å²) in [4.78, 5) is 18.8. The van der Waals surface area contributed by atoms with Crippen LogP contribution in [0.1, 0.15) is 44.5 Å². The molecule has 0 aliphatic carbocycles. The highest BCUT2D eigenvalue weighted by atomic mass is 16.5. The van der Waals surface area contributed by atoms with Gasteiger partial charge in [-0.2, -0.15) is 5.10 Å². The lowest BCUT2D eigenvalue weighted by Gasteiger charge is -2.37. The Hall–Kier alpha value is -3.36. The topological polar surface area (TPSA) is 74.1 Å². The van der Waals surface area contributed by atoms with Crippen molar-refractivity contribution in [1.82, 2.24) is 19.6 Å². The summed E-state index contributed by atoms with van der Waals surface area (Å²) in [6.07, 6.45) is 0.204. The van der Waals surface area contributed by atoms with E-state index in [4.69, 9.17) is 9.84 Å². The Kier molecular flexibility index (Phi) is 8.19. The van der Waals surface area contributed by atoms with E-state index in [1.54, 1.807) is 14.0 Å². The van der Waals surface area contributed by atoms with Crippen LogP contribution >= 0.6 is 0 Å². The van der Waals surface area contributed by atoms with Crippen LogP contribution in [0.2, 0.25) is 0 Å². The number of methoxy groups -OCH3 is 1. The summed E-state index contributed by atoms with van der Waals surface area (Å²) in [5, 5.41) is 16.2. The zero-order chi connectivity index (χ0) is 28.4. The highest BCUT2D eigenvalue weighted by molar-refractivity contribution is 5.74. The normalized spacial score (nSPS) is 17.1. The van der Waals surface area contributed by atoms with Gasteiger partial charge in [0.15, 0.2) is 0 Å². The van der Waals surface area contributed by atoms with Crippen molar-refractivity contribution in [3.05, 3.63) is 65.4 Å². The Labute approximate surface area is 238 Å². The van der Waals surface area contributed by atoms with Crippen molar-refractivity contribution in [1.29, 1.82) is 0 Å². The molecule has 1 aromatic heterocycles. The van der Waals surface area contributed by atoms with Crippen LogP contribution in [0.25, 0.3) is 11.3 Å². The Bertz CT molecular complexity index is 1320. The minimum atomic E-state index is -0.538. The quantitative estimate of drug-likeness (QED) is 0.485. The summed E-state index contributed by atoms with van der Waals surface area (Å²) in [5.41, 5.74) is 6.67. The third-order valence-corrected chi connectivity index (χ3v) is 8.25. The summed E-state index contributed by atoms with van der Waals surface area (Å²) < 4.78 is 7.54. The molecule has 0 spiro atoms. The fraction of sp³-hybridized carbons (Fsp3) is 0.500. The largest absolute Gasteiger partial charge is 0.495 e. The number of aliphatic hydroxyl groups is 1. The maximum Gasteiger partial charge on any atom is 0.219 e. The number of amides is 1. The number of piperazine rings is 1. The van der Waals surface area contributed by atoms with Crippen LogP contribution in [0.3, 0.4) is 0 Å². The number of para-hydroxylation sites is 2. The second-order valence-corrected chi connectivity index (χ2v) is 12.1. The van der Waals surface area contributed by atoms with Gasteiger partial charge >= 0.3 is 0 Å². The second-order valence-electron chi connectivity index (χ2n) is 12.1. The molecule has 8 nitrogen and oxygen atoms in total. The predicted molar refractivity (Wildman–Crippen MR) is 159 cm³/mol. The monoisotopic (exact) mass is 545 g/mol. The third-order valence-electron chi connectivity index (χ3n) is 8.25. The van der Waals surface area contributed by atoms with Crippen LogP contribution < -0.4 is 9.64 Å². The van der Waals surface area contributed by atoms with Crippen molar-refractivity contribution in [2.45, 2.75) is 58.7 Å². The summed E-state index contributed by atoms with van der Waals surface area (Å²) in [5.74, 6) is 0.978. The Balaban J connectivity index is 1.29. The maximum atomic E-state index is 12.2. The molecule has 0 radical (unpaired) electrons. The Morgan fingerprint density at radius 1 is 1.00 bits per heavy atom. The number of β-amino-alcohol motifs (C(OH)–C–C–N with tert-alkyl or cyclic N) is 1. The van der Waals surface area contributed by atoms with Crippen LogP contribution in [0.4, 0.5) is 5.69 Å². The lowest BCUT2D eigenvalue weighted by molar-refractivity contribution is -0.129. The van der Waals surface area contributed by atoms with Crippen LogP contribution in [0, 0.1) is 0 Å². The van der Waals surface area contributed by atoms with Gasteiger partial charge in [-0.1, -0.05) is 57.2 Å². The molecule has 40 heavy (non-hydrogen) atoms. The fourth-order valence-corrected chi connectivity index (χ4v) is 5.89. The Morgan fingerprint density at radius 3 is 2.35 bits per heavy atom. The number of carbonyl (C=O) groups excluding carboxylic acids is 1. The number of aromatic nitrogens is 2. The first-order valence-corrected chi connectivity index (χ1v) is 14.4. The second kappa shape index (κ2) is 11.6. The van der Waals surface area contributed by atoms with Crippen LogP contribution in [0.15, 0.2) is 48.5 Å². The predicted octanol–water partition coefficient (Wildman–Crippen LogP) is 3.94. The summed E-state index contributed by atoms with van der Waals surface area (Å²) in [7, 11) is 1.71. The van der Waals surface area contributed by atoms with Gasteiger partial charge in [-0.3, -0.25) is 14.4 Å². The van der Waals surface area contributed by atoms with E-state index in [1.807, 2.05) is 27.8 Å². The van der Waals surface area contributed by atoms with Gasteiger partial charge in [-0.25, -0.2) is 0 Å². The first kappa shape index (κ1) is 28.2. The van der Waals surface area contributed by atoms with E-state index in [0.29, 0.717) is 26.2 Å². The molecule has 1 atom stereocenters. The Morgan fingerprint density at radius 2 is 1.70 bits per heavy atom. The van der Waals surface area contributed by atoms with Gasteiger partial charge in [-0.15, -0.1) is 0 Å². The van der Waals surface area contributed by atoms with Gasteiger partial charge in [0.25, 0.3) is 0 Å². The number of hydrogen-bond acceptors (Lipinski definition) is 6. The van der Waals surface area contributed by atoms with Crippen LogP contribution in [-0.2, 0) is 29.7 Å². The number of benzene rings is 2. The maximum absolute atomic E-state index is 12.2. The molecular formula is C32H43N5O3. The smallest absolute Gasteiger partial charge is 0.219 e. The van der Waals surface area contributed by atoms with Crippen molar-refractivity contribution in [3.63, 3.8) is 0 Å². The van der Waals surface area contributed by atoms with Crippen molar-refractivity contribution < 1.29 is 14.6 Å². The van der Waals surface area contributed by atoms with Gasteiger partial charge in [0.1, 0.15) is 5.75 Å². The first-order valence-electron chi connectivity index (χ1n) is 14.4. The van der Waals surface area contributed by atoms with E-state index in [2.05, 4.69) is 60.9 Å². The molecule has 1 unspecified atom stereocenters. The average molecular weight is 546 g/mol. The molecule has 3 aromatic rings. The summed E-state index contributed by atoms with van der Waals surface area (Å²) in [6.45, 7) is 14.1. The zero-order valence-corrected chi connectivity index (χ0v) is 24.6. The molecule has 1 amide bonds. The number of hydrogen-bond donors (Lipinski definition) is 1. The average Bonchev–Trinajstić information content (AvgIpc) is 3.30. The molecule has 8 heteroatoms. The van der Waals surface area contributed by atoms with E-state index >= 15 is 0 Å². The van der Waals surface area contributed by atoms with E-state index in [9.17, 15) is 9.90 Å². The molecular weight excluding hydrogens is 502 g/mol. The number of ether oxygens (including phenoxy) is 1. The fourth-order valence-electron chi connectivity index (χ4n) is 5.89. The molecule has 5 rings (SSSR count). The van der Waals surface area contributed by atoms with E-state index < -0.39 is 6.10 Å². The molecule has 1 N–H and O–H groups in total. The third kappa shape index (κ3) is 6.03. The van der Waals surface area contributed by atoms with Gasteiger partial charge < -0.3 is 19.6 Å². The van der Waals surface area contributed by atoms with Crippen molar-refractivity contribution in [2.75, 3.05) is 51.3 Å². The lowest BCUT2D eigenvalue weighted by atomic mass is 9.86. The van der Waals surface area contributed by atoms with E-state index in [1.165, 1.54) is 5.56 Å². The minimum absolute atomic E-state index is 0.0749. The van der Waals surface area contributed by atoms with Gasteiger partial charge in [0.05, 0.1) is 31.1 Å². The van der Waals surface area contributed by atoms with Crippen LogP contribution in [0.5, 0.6) is 5.75 Å². The molecule has 3 heterocycles. The van der Waals surface area contributed by atoms with Crippen molar-refractivity contribution in [3.8, 4) is 17.0 Å². The van der Waals surface area contributed by atoms with Crippen molar-refractivity contribution >= 4 is 11.6 Å². The zero-order valence-electron chi connectivity index (χ0n) is 24.6. The van der Waals surface area contributed by atoms with E-state index in [-0.39, 0.29) is 11.3 Å². The highest BCUT2D eigenvalue weighted by Gasteiger charge is 2.28. The highest BCUT2D eigenvalue weighted by Crippen LogP contribution is 2.32. The number of carbonyl (C=O) groups is 1. The molecule has 1 fully saturated rings. The minimum Gasteiger partial charge on any atom is -0.495 e. The van der Waals surface area contributed by atoms with Gasteiger partial charge in [0, 0.05) is 76.0 Å². The molecule has 2 aliphatic heterocycles. The number of fused-ring (bicyclic) bond motifs is 1. The standard InChI is InChI=1S/C32H43N5O3/c1-23(38)36-15-14-28-27(22-36)31(24-10-12-25(13-11-24)32(2,3)4)33-37(28)21-26(39)20-34-16-18-35(19-17-34)29-8-6-7-9-30(29)40-5/h6-13,26,39H,14-22H2,1-5H3. The number of nitrogens with zero attached hydrogens (tertiary/aromatic N) is 5. The lowest BCUT2D eigenvalue weighted by Crippen LogP contribution is -2.49. The van der Waals surface area contributed by atoms with E-state index in [0.717, 1.165) is 66.6 Å². The molecule has 1 saturated heterocycles. The number of anilines is 1. The number of rotatable bonds is 7. The molecule has 214 valence electrons.